The van der Waals surface area contributed by atoms with Crippen LogP contribution in [0.15, 0.2) is 71.0 Å². The second-order valence-electron chi connectivity index (χ2n) is 9.96. The smallest absolute Gasteiger partial charge is 0.338 e. The van der Waals surface area contributed by atoms with Crippen LogP contribution in [0.1, 0.15) is 43.5 Å². The van der Waals surface area contributed by atoms with Gasteiger partial charge in [0.1, 0.15) is 6.61 Å². The van der Waals surface area contributed by atoms with Crippen molar-refractivity contribution in [2.24, 2.45) is 5.10 Å². The van der Waals surface area contributed by atoms with Gasteiger partial charge < -0.3 is 34.3 Å². The van der Waals surface area contributed by atoms with Crippen LogP contribution in [0.2, 0.25) is 10.0 Å². The molecule has 0 saturated heterocycles. The first-order valence-corrected chi connectivity index (χ1v) is 15.3. The van der Waals surface area contributed by atoms with Gasteiger partial charge >= 0.3 is 12.0 Å². The Hall–Kier alpha value is -4.94. The van der Waals surface area contributed by atoms with Crippen LogP contribution < -0.4 is 35.0 Å². The number of esters is 1. The lowest BCUT2D eigenvalue weighted by Gasteiger charge is -2.28. The van der Waals surface area contributed by atoms with Crippen LogP contribution >= 0.6 is 23.2 Å². The summed E-state index contributed by atoms with van der Waals surface area (Å²) in [6, 6.07) is 14.1. The van der Waals surface area contributed by atoms with E-state index in [-0.39, 0.29) is 36.9 Å². The van der Waals surface area contributed by atoms with E-state index in [0.717, 1.165) is 5.56 Å². The van der Waals surface area contributed by atoms with Gasteiger partial charge in [-0.1, -0.05) is 35.3 Å². The fourth-order valence-corrected chi connectivity index (χ4v) is 4.86. The minimum atomic E-state index is -0.783. The molecule has 0 unspecified atom stereocenters. The molecule has 0 spiro atoms. The number of hydrogen-bond donors (Lipinski definition) is 3. The number of hydrazone groups is 1. The van der Waals surface area contributed by atoms with Gasteiger partial charge in [0.25, 0.3) is 5.91 Å². The predicted molar refractivity (Wildman–Crippen MR) is 176 cm³/mol. The first kappa shape index (κ1) is 34.9. The summed E-state index contributed by atoms with van der Waals surface area (Å²) in [4.78, 5) is 37.3. The number of amides is 3. The standard InChI is InChI=1S/C33H34Cl2N4O8/c1-5-44-28-14-20(8-11-26(28)46-17-21-7-10-23(34)24(35)13-21)16-36-39-29(40)18-47-25-12-9-22(15-27(25)43-4)31-30(32(41)45-6-2)19(3)37-33(42)38-31/h7-16,31H,5-6,17-18H2,1-4H3,(H,39,40)(H2,37,38,42)/b36-16-/t31-/m0/s1. The molecule has 4 rings (SSSR count). The van der Waals surface area contributed by atoms with Crippen LogP contribution in [-0.2, 0) is 20.9 Å². The summed E-state index contributed by atoms with van der Waals surface area (Å²) < 4.78 is 28.0. The minimum Gasteiger partial charge on any atom is -0.493 e. The Balaban J connectivity index is 1.36. The first-order chi connectivity index (χ1) is 22.6. The van der Waals surface area contributed by atoms with E-state index in [4.69, 9.17) is 46.9 Å². The zero-order chi connectivity index (χ0) is 33.9. The molecule has 0 aromatic heterocycles. The van der Waals surface area contributed by atoms with Gasteiger partial charge in [0.15, 0.2) is 29.6 Å². The number of allylic oxidation sites excluding steroid dienone is 1. The molecule has 0 saturated carbocycles. The molecule has 14 heteroatoms. The number of carbonyl (C=O) groups excluding carboxylic acids is 3. The normalized spacial score (nSPS) is 14.3. The van der Waals surface area contributed by atoms with Crippen LogP contribution in [0.3, 0.4) is 0 Å². The fraction of sp³-hybridized carbons (Fsp3) is 0.273. The van der Waals surface area contributed by atoms with E-state index in [1.807, 2.05) is 13.0 Å². The molecule has 1 atom stereocenters. The lowest BCUT2D eigenvalue weighted by atomic mass is 9.95. The van der Waals surface area contributed by atoms with E-state index >= 15 is 0 Å². The van der Waals surface area contributed by atoms with Gasteiger partial charge in [-0.05, 0) is 79.9 Å². The lowest BCUT2D eigenvalue weighted by Crippen LogP contribution is -2.45. The molecule has 3 aromatic rings. The van der Waals surface area contributed by atoms with Crippen molar-refractivity contribution in [1.29, 1.82) is 0 Å². The van der Waals surface area contributed by atoms with E-state index in [1.165, 1.54) is 13.3 Å². The maximum absolute atomic E-state index is 12.6. The van der Waals surface area contributed by atoms with Crippen LogP contribution in [-0.4, -0.2) is 51.1 Å². The van der Waals surface area contributed by atoms with Gasteiger partial charge in [0.2, 0.25) is 0 Å². The van der Waals surface area contributed by atoms with Crippen molar-refractivity contribution in [3.8, 4) is 23.0 Å². The van der Waals surface area contributed by atoms with Crippen molar-refractivity contribution in [3.63, 3.8) is 0 Å². The summed E-state index contributed by atoms with van der Waals surface area (Å²) in [5.41, 5.74) is 5.12. The molecular weight excluding hydrogens is 651 g/mol. The van der Waals surface area contributed by atoms with Crippen LogP contribution in [0.5, 0.6) is 23.0 Å². The molecule has 1 aliphatic rings. The highest BCUT2D eigenvalue weighted by molar-refractivity contribution is 6.42. The maximum atomic E-state index is 12.6. The third kappa shape index (κ3) is 9.30. The molecule has 47 heavy (non-hydrogen) atoms. The molecule has 1 heterocycles. The molecule has 3 N–H and O–H groups in total. The SMILES string of the molecule is CCOC(=O)C1=C(C)NC(=O)N[C@H]1c1ccc(OCC(=O)N/N=C\c2ccc(OCc3ccc(Cl)c(Cl)c3)c(OCC)c2)c(OC)c1. The van der Waals surface area contributed by atoms with Crippen molar-refractivity contribution in [2.45, 2.75) is 33.4 Å². The van der Waals surface area contributed by atoms with Crippen LogP contribution in [0.4, 0.5) is 4.79 Å². The molecule has 0 radical (unpaired) electrons. The highest BCUT2D eigenvalue weighted by Crippen LogP contribution is 2.35. The third-order valence-electron chi connectivity index (χ3n) is 6.69. The highest BCUT2D eigenvalue weighted by atomic mass is 35.5. The number of methoxy groups -OCH3 is 1. The van der Waals surface area contributed by atoms with Gasteiger partial charge in [-0.15, -0.1) is 0 Å². The van der Waals surface area contributed by atoms with Crippen molar-refractivity contribution in [1.82, 2.24) is 16.1 Å². The first-order valence-electron chi connectivity index (χ1n) is 14.5. The van der Waals surface area contributed by atoms with Gasteiger partial charge in [-0.25, -0.2) is 15.0 Å². The Morgan fingerprint density at radius 1 is 0.915 bits per heavy atom. The summed E-state index contributed by atoms with van der Waals surface area (Å²) in [5.74, 6) is 0.512. The minimum absolute atomic E-state index is 0.177. The molecule has 0 bridgehead atoms. The number of rotatable bonds is 14. The van der Waals surface area contributed by atoms with Crippen molar-refractivity contribution in [3.05, 3.63) is 92.6 Å². The van der Waals surface area contributed by atoms with Crippen LogP contribution in [0, 0.1) is 0 Å². The van der Waals surface area contributed by atoms with Gasteiger partial charge in [0, 0.05) is 5.70 Å². The number of carbonyl (C=O) groups is 3. The van der Waals surface area contributed by atoms with Gasteiger partial charge in [-0.2, -0.15) is 5.10 Å². The number of ether oxygens (including phenoxy) is 5. The van der Waals surface area contributed by atoms with E-state index in [0.29, 0.717) is 45.0 Å². The maximum Gasteiger partial charge on any atom is 0.338 e. The molecule has 12 nitrogen and oxygen atoms in total. The molecule has 3 amide bonds. The Morgan fingerprint density at radius 2 is 1.68 bits per heavy atom. The van der Waals surface area contributed by atoms with E-state index in [9.17, 15) is 14.4 Å². The summed E-state index contributed by atoms with van der Waals surface area (Å²) in [6.45, 7) is 5.66. The van der Waals surface area contributed by atoms with Crippen molar-refractivity contribution in [2.75, 3.05) is 26.9 Å². The zero-order valence-corrected chi connectivity index (χ0v) is 27.7. The predicted octanol–water partition coefficient (Wildman–Crippen LogP) is 5.70. The summed E-state index contributed by atoms with van der Waals surface area (Å²) >= 11 is 12.1. The number of nitrogens with zero attached hydrogens (tertiary/aromatic N) is 1. The molecule has 248 valence electrons. The largest absolute Gasteiger partial charge is 0.493 e. The highest BCUT2D eigenvalue weighted by Gasteiger charge is 2.32. The Kier molecular flexibility index (Phi) is 12.3. The topological polar surface area (TPSA) is 146 Å². The number of nitrogens with one attached hydrogen (secondary N) is 3. The van der Waals surface area contributed by atoms with E-state index < -0.39 is 23.9 Å². The average Bonchev–Trinajstić information content (AvgIpc) is 3.04. The quantitative estimate of drug-likeness (QED) is 0.111. The second-order valence-corrected chi connectivity index (χ2v) is 10.8. The van der Waals surface area contributed by atoms with E-state index in [1.54, 1.807) is 62.4 Å². The van der Waals surface area contributed by atoms with Gasteiger partial charge in [0.05, 0.1) is 48.2 Å². The summed E-state index contributed by atoms with van der Waals surface area (Å²) in [5, 5.41) is 10.2. The summed E-state index contributed by atoms with van der Waals surface area (Å²) in [6.07, 6.45) is 1.46. The number of urea groups is 1. The Morgan fingerprint density at radius 3 is 2.40 bits per heavy atom. The van der Waals surface area contributed by atoms with Crippen LogP contribution in [0.25, 0.3) is 0 Å². The van der Waals surface area contributed by atoms with Gasteiger partial charge in [-0.3, -0.25) is 4.79 Å². The molecule has 0 fully saturated rings. The second kappa shape index (κ2) is 16.6. The molecule has 1 aliphatic heterocycles. The molecule has 0 aliphatic carbocycles. The number of halogens is 2. The molecule has 3 aromatic carbocycles. The Bertz CT molecular complexity index is 1700. The summed E-state index contributed by atoms with van der Waals surface area (Å²) in [7, 11) is 1.44. The third-order valence-corrected chi connectivity index (χ3v) is 7.43. The van der Waals surface area contributed by atoms with Crippen molar-refractivity contribution >= 4 is 47.3 Å². The number of benzene rings is 3. The average molecular weight is 686 g/mol. The fourth-order valence-electron chi connectivity index (χ4n) is 4.54. The number of hydrogen-bond acceptors (Lipinski definition) is 9. The molecular formula is C33H34Cl2N4O8. The Labute approximate surface area is 281 Å². The lowest BCUT2D eigenvalue weighted by molar-refractivity contribution is -0.139. The van der Waals surface area contributed by atoms with Crippen molar-refractivity contribution < 1.29 is 38.1 Å². The van der Waals surface area contributed by atoms with E-state index in [2.05, 4.69) is 21.2 Å². The zero-order valence-electron chi connectivity index (χ0n) is 26.1. The monoisotopic (exact) mass is 684 g/mol.